The molecule has 2 aromatic rings. The molecule has 2 aromatic heterocycles. The van der Waals surface area contributed by atoms with Crippen molar-refractivity contribution in [1.29, 1.82) is 0 Å². The number of fused-ring (bicyclic) bond motifs is 1. The first kappa shape index (κ1) is 9.21. The van der Waals surface area contributed by atoms with Gasteiger partial charge >= 0.3 is 0 Å². The molecule has 0 radical (unpaired) electrons. The topological polar surface area (TPSA) is 43.3 Å². The monoisotopic (exact) mass is 189 g/mol. The van der Waals surface area contributed by atoms with Gasteiger partial charge in [-0.05, 0) is 31.0 Å². The Morgan fingerprint density at radius 2 is 2.36 bits per heavy atom. The van der Waals surface area contributed by atoms with Gasteiger partial charge < -0.3 is 10.1 Å². The Bertz CT molecular complexity index is 443. The van der Waals surface area contributed by atoms with Crippen molar-refractivity contribution in [3.63, 3.8) is 0 Å². The van der Waals surface area contributed by atoms with Gasteiger partial charge in [-0.25, -0.2) is 4.98 Å². The van der Waals surface area contributed by atoms with Gasteiger partial charge in [-0.3, -0.25) is 0 Å². The molecule has 0 aliphatic rings. The maximum atomic E-state index is 5.81. The summed E-state index contributed by atoms with van der Waals surface area (Å²) in [5, 5.41) is 0. The Balaban J connectivity index is 2.54. The van der Waals surface area contributed by atoms with E-state index in [1.54, 1.807) is 0 Å². The molecule has 1 atom stereocenters. The second kappa shape index (κ2) is 3.42. The summed E-state index contributed by atoms with van der Waals surface area (Å²) < 4.78 is 2.03. The summed E-state index contributed by atoms with van der Waals surface area (Å²) in [4.78, 5) is 4.48. The van der Waals surface area contributed by atoms with Gasteiger partial charge in [0, 0.05) is 18.4 Å². The third kappa shape index (κ3) is 1.51. The van der Waals surface area contributed by atoms with Crippen molar-refractivity contribution >= 4 is 5.65 Å². The summed E-state index contributed by atoms with van der Waals surface area (Å²) in [6.45, 7) is 4.09. The smallest absolute Gasteiger partial charge is 0.137 e. The van der Waals surface area contributed by atoms with E-state index in [0.717, 1.165) is 23.3 Å². The van der Waals surface area contributed by atoms with Gasteiger partial charge in [0.15, 0.2) is 0 Å². The number of hydrogen-bond acceptors (Lipinski definition) is 2. The lowest BCUT2D eigenvalue weighted by Gasteiger charge is -2.04. The van der Waals surface area contributed by atoms with Crippen LogP contribution in [-0.2, 0) is 6.42 Å². The average Bonchev–Trinajstić information content (AvgIpc) is 2.58. The summed E-state index contributed by atoms with van der Waals surface area (Å²) >= 11 is 0. The van der Waals surface area contributed by atoms with Gasteiger partial charge in [0.25, 0.3) is 0 Å². The van der Waals surface area contributed by atoms with Crippen LogP contribution in [0.1, 0.15) is 31.1 Å². The van der Waals surface area contributed by atoms with Crippen LogP contribution in [0, 0.1) is 0 Å². The first-order valence-corrected chi connectivity index (χ1v) is 4.94. The van der Waals surface area contributed by atoms with Gasteiger partial charge in [-0.15, -0.1) is 0 Å². The number of nitrogens with two attached hydrogens (primary N) is 1. The van der Waals surface area contributed by atoms with Gasteiger partial charge in [-0.1, -0.05) is 6.92 Å². The van der Waals surface area contributed by atoms with E-state index in [9.17, 15) is 0 Å². The van der Waals surface area contributed by atoms with Crippen LogP contribution in [0.4, 0.5) is 0 Å². The van der Waals surface area contributed by atoms with Crippen molar-refractivity contribution in [2.24, 2.45) is 5.73 Å². The fraction of sp³-hybridized carbons (Fsp3) is 0.364. The molecule has 0 aromatic carbocycles. The quantitative estimate of drug-likeness (QED) is 0.784. The van der Waals surface area contributed by atoms with Gasteiger partial charge in [0.05, 0.1) is 5.69 Å². The van der Waals surface area contributed by atoms with Gasteiger partial charge in [-0.2, -0.15) is 0 Å². The highest BCUT2D eigenvalue weighted by Gasteiger charge is 2.03. The zero-order valence-corrected chi connectivity index (χ0v) is 8.57. The highest BCUT2D eigenvalue weighted by Crippen LogP contribution is 2.13. The molecule has 0 bridgehead atoms. The molecule has 1 unspecified atom stereocenters. The normalized spacial score (nSPS) is 13.4. The Morgan fingerprint density at radius 1 is 1.57 bits per heavy atom. The number of pyridine rings is 1. The molecule has 0 spiro atoms. The SMILES string of the molecule is CCc1cn2ccc(C(C)N)cc2n1. The summed E-state index contributed by atoms with van der Waals surface area (Å²) in [5.41, 5.74) is 9.04. The molecule has 2 heterocycles. The summed E-state index contributed by atoms with van der Waals surface area (Å²) in [6.07, 6.45) is 5.04. The second-order valence-electron chi connectivity index (χ2n) is 3.60. The van der Waals surface area contributed by atoms with E-state index >= 15 is 0 Å². The maximum Gasteiger partial charge on any atom is 0.137 e. The fourth-order valence-corrected chi connectivity index (χ4v) is 1.50. The van der Waals surface area contributed by atoms with Crippen LogP contribution >= 0.6 is 0 Å². The third-order valence-corrected chi connectivity index (χ3v) is 2.42. The molecule has 74 valence electrons. The summed E-state index contributed by atoms with van der Waals surface area (Å²) in [7, 11) is 0. The molecule has 3 heteroatoms. The molecule has 0 aliphatic carbocycles. The van der Waals surface area contributed by atoms with Crippen molar-refractivity contribution in [3.8, 4) is 0 Å². The predicted octanol–water partition coefficient (Wildman–Crippen LogP) is 1.92. The molecule has 2 N–H and O–H groups in total. The van der Waals surface area contributed by atoms with Crippen LogP contribution in [0.15, 0.2) is 24.5 Å². The highest BCUT2D eigenvalue weighted by atomic mass is 15.0. The molecule has 2 rings (SSSR count). The lowest BCUT2D eigenvalue weighted by Crippen LogP contribution is -2.05. The van der Waals surface area contributed by atoms with E-state index in [4.69, 9.17) is 5.73 Å². The van der Waals surface area contributed by atoms with E-state index in [1.807, 2.05) is 29.7 Å². The van der Waals surface area contributed by atoms with Crippen LogP contribution in [0.25, 0.3) is 5.65 Å². The van der Waals surface area contributed by atoms with Crippen molar-refractivity contribution in [1.82, 2.24) is 9.38 Å². The minimum Gasteiger partial charge on any atom is -0.324 e. The molecule has 0 amide bonds. The number of rotatable bonds is 2. The Kier molecular flexibility index (Phi) is 2.25. The molecular formula is C11H15N3. The highest BCUT2D eigenvalue weighted by molar-refractivity contribution is 5.43. The summed E-state index contributed by atoms with van der Waals surface area (Å²) in [5.74, 6) is 0. The number of aromatic nitrogens is 2. The number of hydrogen-bond donors (Lipinski definition) is 1. The molecule has 0 saturated heterocycles. The van der Waals surface area contributed by atoms with E-state index in [1.165, 1.54) is 0 Å². The number of nitrogens with zero attached hydrogens (tertiary/aromatic N) is 2. The van der Waals surface area contributed by atoms with E-state index in [-0.39, 0.29) is 6.04 Å². The molecule has 0 aliphatic heterocycles. The molecule has 0 saturated carbocycles. The van der Waals surface area contributed by atoms with Crippen molar-refractivity contribution in [2.75, 3.05) is 0 Å². The van der Waals surface area contributed by atoms with Crippen LogP contribution in [0.5, 0.6) is 0 Å². The largest absolute Gasteiger partial charge is 0.324 e. The minimum absolute atomic E-state index is 0.0711. The Labute approximate surface area is 83.6 Å². The van der Waals surface area contributed by atoms with E-state index in [0.29, 0.717) is 0 Å². The molecule has 3 nitrogen and oxygen atoms in total. The second-order valence-corrected chi connectivity index (χ2v) is 3.60. The fourth-order valence-electron chi connectivity index (χ4n) is 1.50. The predicted molar refractivity (Wildman–Crippen MR) is 57.2 cm³/mol. The molecule has 0 fully saturated rings. The molecule has 14 heavy (non-hydrogen) atoms. The standard InChI is InChI=1S/C11H15N3/c1-3-10-7-14-5-4-9(8(2)12)6-11(14)13-10/h4-8H,3,12H2,1-2H3. The van der Waals surface area contributed by atoms with Crippen molar-refractivity contribution < 1.29 is 0 Å². The molecular weight excluding hydrogens is 174 g/mol. The average molecular weight is 189 g/mol. The van der Waals surface area contributed by atoms with Gasteiger partial charge in [0.1, 0.15) is 5.65 Å². The maximum absolute atomic E-state index is 5.81. The third-order valence-electron chi connectivity index (χ3n) is 2.42. The minimum atomic E-state index is 0.0711. The lowest BCUT2D eigenvalue weighted by molar-refractivity contribution is 0.815. The van der Waals surface area contributed by atoms with Crippen molar-refractivity contribution in [3.05, 3.63) is 35.8 Å². The number of imidazole rings is 1. The van der Waals surface area contributed by atoms with Crippen LogP contribution in [-0.4, -0.2) is 9.38 Å². The first-order valence-electron chi connectivity index (χ1n) is 4.94. The lowest BCUT2D eigenvalue weighted by atomic mass is 10.1. The van der Waals surface area contributed by atoms with Crippen LogP contribution in [0.3, 0.4) is 0 Å². The van der Waals surface area contributed by atoms with Crippen LogP contribution < -0.4 is 5.73 Å². The van der Waals surface area contributed by atoms with E-state index < -0.39 is 0 Å². The van der Waals surface area contributed by atoms with Crippen molar-refractivity contribution in [2.45, 2.75) is 26.3 Å². The Hall–Kier alpha value is -1.35. The van der Waals surface area contributed by atoms with Crippen LogP contribution in [0.2, 0.25) is 0 Å². The van der Waals surface area contributed by atoms with E-state index in [2.05, 4.69) is 18.1 Å². The first-order chi connectivity index (χ1) is 6.70. The summed E-state index contributed by atoms with van der Waals surface area (Å²) in [6, 6.07) is 4.16. The Morgan fingerprint density at radius 3 is 3.00 bits per heavy atom. The zero-order chi connectivity index (χ0) is 10.1. The van der Waals surface area contributed by atoms with Gasteiger partial charge in [0.2, 0.25) is 0 Å². The zero-order valence-electron chi connectivity index (χ0n) is 8.57. The number of aryl methyl sites for hydroxylation is 1.